The molecule has 3 nitrogen and oxygen atoms in total. The Morgan fingerprint density at radius 3 is 2.17 bits per heavy atom. The lowest BCUT2D eigenvalue weighted by Crippen LogP contribution is -1.98. The molecule has 0 aliphatic rings. The molecule has 0 fully saturated rings. The van der Waals surface area contributed by atoms with Crippen LogP contribution in [0, 0.1) is 6.92 Å². The summed E-state index contributed by atoms with van der Waals surface area (Å²) in [4.78, 5) is 0.143. The van der Waals surface area contributed by atoms with E-state index in [0.29, 0.717) is 0 Å². The van der Waals surface area contributed by atoms with Crippen LogP contribution in [0.15, 0.2) is 29.2 Å². The van der Waals surface area contributed by atoms with Crippen molar-refractivity contribution in [2.45, 2.75) is 11.8 Å². The van der Waals surface area contributed by atoms with Crippen molar-refractivity contribution in [1.82, 2.24) is 0 Å². The fraction of sp³-hybridized carbons (Fsp3) is 0.143. The maximum absolute atomic E-state index is 11.0. The molecule has 0 spiro atoms. The first-order valence-corrected chi connectivity index (χ1v) is 5.24. The van der Waals surface area contributed by atoms with Gasteiger partial charge in [-0.05, 0) is 19.1 Å². The van der Waals surface area contributed by atoms with E-state index < -0.39 is 10.1 Å². The van der Waals surface area contributed by atoms with Gasteiger partial charge in [0.05, 0.1) is 4.90 Å². The average Bonchev–Trinajstić information content (AvgIpc) is 2.05. The standard InChI is InChI=1S/C7H7BrO3S/c1-6-2-4-7(5-3-6)12(9,10)11-8/h2-5H,1H3. The van der Waals surface area contributed by atoms with Crippen LogP contribution in [-0.2, 0) is 13.4 Å². The quantitative estimate of drug-likeness (QED) is 0.807. The van der Waals surface area contributed by atoms with Crippen molar-refractivity contribution in [3.8, 4) is 0 Å². The summed E-state index contributed by atoms with van der Waals surface area (Å²) in [5.74, 6) is 0. The first-order chi connectivity index (χ1) is 5.56. The third-order valence-corrected chi connectivity index (χ3v) is 3.45. The fourth-order valence-electron chi connectivity index (χ4n) is 0.741. The van der Waals surface area contributed by atoms with Crippen LogP contribution in [0.5, 0.6) is 0 Å². The molecule has 0 saturated heterocycles. The molecule has 0 N–H and O–H groups in total. The highest BCUT2D eigenvalue weighted by Crippen LogP contribution is 2.14. The Morgan fingerprint density at radius 2 is 1.75 bits per heavy atom. The van der Waals surface area contributed by atoms with Gasteiger partial charge in [-0.3, -0.25) is 0 Å². The van der Waals surface area contributed by atoms with E-state index in [1.54, 1.807) is 12.1 Å². The minimum Gasteiger partial charge on any atom is -0.193 e. The van der Waals surface area contributed by atoms with Crippen molar-refractivity contribution in [1.29, 1.82) is 0 Å². The molecule has 0 aliphatic heterocycles. The van der Waals surface area contributed by atoms with Crippen molar-refractivity contribution in [2.75, 3.05) is 0 Å². The van der Waals surface area contributed by atoms with Crippen molar-refractivity contribution < 1.29 is 11.7 Å². The number of aryl methyl sites for hydroxylation is 1. The molecular formula is C7H7BrO3S. The Labute approximate surface area is 79.9 Å². The summed E-state index contributed by atoms with van der Waals surface area (Å²) in [5, 5.41) is 0. The molecule has 0 atom stereocenters. The number of rotatable bonds is 2. The fourth-order valence-corrected chi connectivity index (χ4v) is 1.74. The normalized spacial score (nSPS) is 11.5. The van der Waals surface area contributed by atoms with Crippen LogP contribution in [0.1, 0.15) is 5.56 Å². The van der Waals surface area contributed by atoms with E-state index in [-0.39, 0.29) is 4.90 Å². The lowest BCUT2D eigenvalue weighted by atomic mass is 10.2. The van der Waals surface area contributed by atoms with Crippen LogP contribution in [0.4, 0.5) is 0 Å². The van der Waals surface area contributed by atoms with Gasteiger partial charge in [-0.25, -0.2) is 0 Å². The molecular weight excluding hydrogens is 244 g/mol. The van der Waals surface area contributed by atoms with Crippen LogP contribution >= 0.6 is 16.3 Å². The molecule has 1 rings (SSSR count). The molecule has 5 heteroatoms. The summed E-state index contributed by atoms with van der Waals surface area (Å²) >= 11 is 2.44. The molecule has 1 aromatic carbocycles. The molecule has 1 aromatic rings. The van der Waals surface area contributed by atoms with Crippen molar-refractivity contribution >= 4 is 26.4 Å². The molecule has 0 unspecified atom stereocenters. The highest BCUT2D eigenvalue weighted by molar-refractivity contribution is 9.06. The van der Waals surface area contributed by atoms with E-state index in [1.165, 1.54) is 12.1 Å². The summed E-state index contributed by atoms with van der Waals surface area (Å²) in [6.07, 6.45) is 0. The minimum absolute atomic E-state index is 0.143. The van der Waals surface area contributed by atoms with E-state index in [4.69, 9.17) is 0 Å². The van der Waals surface area contributed by atoms with Gasteiger partial charge in [0.1, 0.15) is 16.3 Å². The van der Waals surface area contributed by atoms with E-state index in [0.717, 1.165) is 5.56 Å². The number of hydrogen-bond acceptors (Lipinski definition) is 3. The topological polar surface area (TPSA) is 43.4 Å². The largest absolute Gasteiger partial charge is 0.307 e. The van der Waals surface area contributed by atoms with Gasteiger partial charge in [-0.15, -0.1) is 0 Å². The summed E-state index contributed by atoms with van der Waals surface area (Å²) < 4.78 is 26.2. The summed E-state index contributed by atoms with van der Waals surface area (Å²) in [5.41, 5.74) is 1.00. The zero-order chi connectivity index (χ0) is 9.19. The van der Waals surface area contributed by atoms with Gasteiger partial charge in [-0.2, -0.15) is 11.7 Å². The summed E-state index contributed by atoms with van der Waals surface area (Å²) in [6, 6.07) is 6.40. The molecule has 0 radical (unpaired) electrons. The third kappa shape index (κ3) is 2.06. The SMILES string of the molecule is Cc1ccc(S(=O)(=O)OBr)cc1. The highest BCUT2D eigenvalue weighted by atomic mass is 79.9. The molecule has 66 valence electrons. The zero-order valence-electron chi connectivity index (χ0n) is 6.32. The third-order valence-electron chi connectivity index (χ3n) is 1.39. The predicted molar refractivity (Wildman–Crippen MR) is 48.4 cm³/mol. The Morgan fingerprint density at radius 1 is 1.25 bits per heavy atom. The molecule has 0 amide bonds. The highest BCUT2D eigenvalue weighted by Gasteiger charge is 2.12. The summed E-state index contributed by atoms with van der Waals surface area (Å²) in [6.45, 7) is 1.88. The Bertz CT molecular complexity index is 355. The first-order valence-electron chi connectivity index (χ1n) is 3.18. The van der Waals surface area contributed by atoms with Gasteiger partial charge >= 0.3 is 10.1 Å². The van der Waals surface area contributed by atoms with Gasteiger partial charge in [0, 0.05) is 0 Å². The minimum atomic E-state index is -3.60. The van der Waals surface area contributed by atoms with Gasteiger partial charge in [0.15, 0.2) is 0 Å². The van der Waals surface area contributed by atoms with Gasteiger partial charge < -0.3 is 0 Å². The van der Waals surface area contributed by atoms with Gasteiger partial charge in [0.25, 0.3) is 0 Å². The monoisotopic (exact) mass is 250 g/mol. The van der Waals surface area contributed by atoms with Crippen molar-refractivity contribution in [3.63, 3.8) is 0 Å². The molecule has 0 heterocycles. The van der Waals surface area contributed by atoms with Gasteiger partial charge in [-0.1, -0.05) is 17.7 Å². The Kier molecular flexibility index (Phi) is 2.87. The van der Waals surface area contributed by atoms with Crippen molar-refractivity contribution in [3.05, 3.63) is 29.8 Å². The summed E-state index contributed by atoms with van der Waals surface area (Å²) in [7, 11) is -3.60. The van der Waals surface area contributed by atoms with Crippen LogP contribution < -0.4 is 0 Å². The Hall–Kier alpha value is -0.390. The van der Waals surface area contributed by atoms with E-state index in [2.05, 4.69) is 19.5 Å². The van der Waals surface area contributed by atoms with Crippen LogP contribution in [-0.4, -0.2) is 8.42 Å². The molecule has 0 saturated carbocycles. The van der Waals surface area contributed by atoms with Gasteiger partial charge in [0.2, 0.25) is 0 Å². The number of hydrogen-bond donors (Lipinski definition) is 0. The van der Waals surface area contributed by atoms with Crippen LogP contribution in [0.25, 0.3) is 0 Å². The van der Waals surface area contributed by atoms with Crippen LogP contribution in [0.3, 0.4) is 0 Å². The number of benzene rings is 1. The van der Waals surface area contributed by atoms with E-state index in [9.17, 15) is 8.42 Å². The van der Waals surface area contributed by atoms with E-state index >= 15 is 0 Å². The molecule has 12 heavy (non-hydrogen) atoms. The maximum atomic E-state index is 11.0. The lowest BCUT2D eigenvalue weighted by molar-refractivity contribution is 0.527. The second kappa shape index (κ2) is 3.55. The Balaban J connectivity index is 3.14. The first kappa shape index (κ1) is 9.70. The lowest BCUT2D eigenvalue weighted by Gasteiger charge is -1.98. The predicted octanol–water partition coefficient (Wildman–Crippen LogP) is 2.01. The van der Waals surface area contributed by atoms with E-state index in [1.807, 2.05) is 6.92 Å². The second-order valence-corrected chi connectivity index (χ2v) is 4.63. The number of halogens is 1. The molecule has 0 aromatic heterocycles. The second-order valence-electron chi connectivity index (χ2n) is 2.33. The smallest absolute Gasteiger partial charge is 0.193 e. The zero-order valence-corrected chi connectivity index (χ0v) is 8.72. The van der Waals surface area contributed by atoms with Crippen molar-refractivity contribution in [2.24, 2.45) is 0 Å². The van der Waals surface area contributed by atoms with Crippen LogP contribution in [0.2, 0.25) is 0 Å². The molecule has 0 bridgehead atoms. The molecule has 0 aliphatic carbocycles. The average molecular weight is 251 g/mol. The maximum Gasteiger partial charge on any atom is 0.307 e.